The van der Waals surface area contributed by atoms with Gasteiger partial charge in [-0.05, 0) is 38.0 Å². The number of aryl methyl sites for hydroxylation is 3. The van der Waals surface area contributed by atoms with Gasteiger partial charge >= 0.3 is 0 Å². The van der Waals surface area contributed by atoms with Gasteiger partial charge in [-0.3, -0.25) is 4.79 Å². The van der Waals surface area contributed by atoms with E-state index in [9.17, 15) is 4.79 Å². The van der Waals surface area contributed by atoms with Crippen LogP contribution in [0.3, 0.4) is 0 Å². The Bertz CT molecular complexity index is 888. The highest BCUT2D eigenvalue weighted by atomic mass is 16.5. The summed E-state index contributed by atoms with van der Waals surface area (Å²) in [5.41, 5.74) is 3.39. The molecule has 24 heavy (non-hydrogen) atoms. The van der Waals surface area contributed by atoms with Gasteiger partial charge < -0.3 is 15.2 Å². The zero-order chi connectivity index (χ0) is 17.1. The lowest BCUT2D eigenvalue weighted by Gasteiger charge is -2.10. The third-order valence-electron chi connectivity index (χ3n) is 3.43. The molecule has 2 aromatic heterocycles. The fourth-order valence-electron chi connectivity index (χ4n) is 2.16. The molecule has 7 nitrogen and oxygen atoms in total. The van der Waals surface area contributed by atoms with E-state index >= 15 is 0 Å². The maximum absolute atomic E-state index is 12.2. The molecule has 0 atom stereocenters. The second-order valence-corrected chi connectivity index (χ2v) is 5.51. The largest absolute Gasteiger partial charge is 0.360 e. The summed E-state index contributed by atoms with van der Waals surface area (Å²) in [7, 11) is 0. The maximum Gasteiger partial charge on any atom is 0.275 e. The number of hydrogen-bond donors (Lipinski definition) is 2. The molecule has 0 unspecified atom stereocenters. The lowest BCUT2D eigenvalue weighted by atomic mass is 10.1. The fraction of sp³-hybridized carbons (Fsp3) is 0.176. The molecule has 0 saturated carbocycles. The van der Waals surface area contributed by atoms with E-state index in [1.807, 2.05) is 32.0 Å². The van der Waals surface area contributed by atoms with Crippen LogP contribution in [0, 0.1) is 20.8 Å². The summed E-state index contributed by atoms with van der Waals surface area (Å²) < 4.78 is 4.92. The summed E-state index contributed by atoms with van der Waals surface area (Å²) >= 11 is 0. The first kappa shape index (κ1) is 15.7. The van der Waals surface area contributed by atoms with Crippen LogP contribution in [-0.2, 0) is 0 Å². The number of aromatic nitrogens is 3. The van der Waals surface area contributed by atoms with Gasteiger partial charge in [0.15, 0.2) is 5.82 Å². The summed E-state index contributed by atoms with van der Waals surface area (Å²) in [5.74, 6) is 1.13. The van der Waals surface area contributed by atoms with Gasteiger partial charge in [0.1, 0.15) is 23.6 Å². The standard InChI is InChI=1S/C17H17N5O2/c1-10-4-5-11(2)13(6-10)20-15-8-14(18-9-19-15)17(23)21-16-7-12(3)24-22-16/h4-9H,1-3H3,(H,18,19,20)(H,21,22,23). The van der Waals surface area contributed by atoms with Gasteiger partial charge in [-0.2, -0.15) is 0 Å². The molecule has 0 fully saturated rings. The Morgan fingerprint density at radius 1 is 1.04 bits per heavy atom. The first-order valence-electron chi connectivity index (χ1n) is 7.42. The quantitative estimate of drug-likeness (QED) is 0.764. The van der Waals surface area contributed by atoms with Crippen molar-refractivity contribution in [2.24, 2.45) is 0 Å². The number of carbonyl (C=O) groups is 1. The van der Waals surface area contributed by atoms with Crippen LogP contribution in [0.25, 0.3) is 0 Å². The highest BCUT2D eigenvalue weighted by Gasteiger charge is 2.12. The van der Waals surface area contributed by atoms with Crippen LogP contribution in [0.1, 0.15) is 27.4 Å². The van der Waals surface area contributed by atoms with Gasteiger partial charge in [0, 0.05) is 17.8 Å². The molecule has 122 valence electrons. The minimum atomic E-state index is -0.380. The number of amides is 1. The van der Waals surface area contributed by atoms with Crippen molar-refractivity contribution in [3.63, 3.8) is 0 Å². The first-order valence-corrected chi connectivity index (χ1v) is 7.42. The van der Waals surface area contributed by atoms with Crippen LogP contribution in [0.15, 0.2) is 41.2 Å². The Hall–Kier alpha value is -3.22. The van der Waals surface area contributed by atoms with Gasteiger partial charge in [0.25, 0.3) is 5.91 Å². The monoisotopic (exact) mass is 323 g/mol. The molecule has 0 spiro atoms. The van der Waals surface area contributed by atoms with E-state index in [-0.39, 0.29) is 11.6 Å². The Morgan fingerprint density at radius 3 is 2.62 bits per heavy atom. The van der Waals surface area contributed by atoms with E-state index < -0.39 is 0 Å². The third kappa shape index (κ3) is 3.57. The van der Waals surface area contributed by atoms with E-state index in [4.69, 9.17) is 4.52 Å². The first-order chi connectivity index (χ1) is 11.5. The summed E-state index contributed by atoms with van der Waals surface area (Å²) in [5, 5.41) is 9.57. The molecule has 0 aliphatic carbocycles. The topological polar surface area (TPSA) is 92.9 Å². The van der Waals surface area contributed by atoms with Crippen LogP contribution in [-0.4, -0.2) is 21.0 Å². The van der Waals surface area contributed by atoms with Crippen LogP contribution < -0.4 is 10.6 Å². The van der Waals surface area contributed by atoms with Crippen molar-refractivity contribution in [2.75, 3.05) is 10.6 Å². The van der Waals surface area contributed by atoms with Crippen molar-refractivity contribution >= 4 is 23.2 Å². The normalized spacial score (nSPS) is 10.5. The van der Waals surface area contributed by atoms with Crippen molar-refractivity contribution in [3.8, 4) is 0 Å². The number of anilines is 3. The molecule has 0 saturated heterocycles. The number of nitrogens with zero attached hydrogens (tertiary/aromatic N) is 3. The molecule has 3 aromatic rings. The number of hydrogen-bond acceptors (Lipinski definition) is 6. The summed E-state index contributed by atoms with van der Waals surface area (Å²) in [6.07, 6.45) is 1.34. The highest BCUT2D eigenvalue weighted by molar-refractivity contribution is 6.02. The molecular formula is C17H17N5O2. The van der Waals surface area contributed by atoms with Crippen molar-refractivity contribution < 1.29 is 9.32 Å². The minimum absolute atomic E-state index is 0.235. The fourth-order valence-corrected chi connectivity index (χ4v) is 2.16. The molecular weight excluding hydrogens is 306 g/mol. The Morgan fingerprint density at radius 2 is 1.88 bits per heavy atom. The molecule has 3 rings (SSSR count). The van der Waals surface area contributed by atoms with Crippen LogP contribution in [0.2, 0.25) is 0 Å². The van der Waals surface area contributed by atoms with Crippen LogP contribution in [0.5, 0.6) is 0 Å². The van der Waals surface area contributed by atoms with Gasteiger partial charge in [0.05, 0.1) is 0 Å². The summed E-state index contributed by atoms with van der Waals surface area (Å²) in [6.45, 7) is 5.77. The highest BCUT2D eigenvalue weighted by Crippen LogP contribution is 2.20. The van der Waals surface area contributed by atoms with E-state index in [1.54, 1.807) is 19.1 Å². The molecule has 0 aliphatic heterocycles. The van der Waals surface area contributed by atoms with Gasteiger partial charge in [-0.25, -0.2) is 9.97 Å². The van der Waals surface area contributed by atoms with Crippen molar-refractivity contribution in [2.45, 2.75) is 20.8 Å². The van der Waals surface area contributed by atoms with Gasteiger partial charge in [0.2, 0.25) is 0 Å². The Balaban J connectivity index is 1.78. The molecule has 1 amide bonds. The smallest absolute Gasteiger partial charge is 0.275 e. The third-order valence-corrected chi connectivity index (χ3v) is 3.43. The Labute approximate surface area is 139 Å². The van der Waals surface area contributed by atoms with Crippen LogP contribution in [0.4, 0.5) is 17.3 Å². The maximum atomic E-state index is 12.2. The van der Waals surface area contributed by atoms with E-state index in [2.05, 4.69) is 25.8 Å². The molecule has 0 aliphatic rings. The molecule has 7 heteroatoms. The average molecular weight is 323 g/mol. The van der Waals surface area contributed by atoms with Crippen molar-refractivity contribution in [1.29, 1.82) is 0 Å². The van der Waals surface area contributed by atoms with Gasteiger partial charge in [-0.15, -0.1) is 0 Å². The Kier molecular flexibility index (Phi) is 4.24. The second-order valence-electron chi connectivity index (χ2n) is 5.51. The van der Waals surface area contributed by atoms with Crippen LogP contribution >= 0.6 is 0 Å². The summed E-state index contributed by atoms with van der Waals surface area (Å²) in [4.78, 5) is 20.4. The summed E-state index contributed by atoms with van der Waals surface area (Å²) in [6, 6.07) is 9.31. The number of benzene rings is 1. The molecule has 2 N–H and O–H groups in total. The lowest BCUT2D eigenvalue weighted by molar-refractivity contribution is 0.102. The predicted octanol–water partition coefficient (Wildman–Crippen LogP) is 3.39. The zero-order valence-corrected chi connectivity index (χ0v) is 13.6. The van der Waals surface area contributed by atoms with Crippen molar-refractivity contribution in [3.05, 3.63) is 59.2 Å². The molecule has 0 bridgehead atoms. The van der Waals surface area contributed by atoms with E-state index in [0.29, 0.717) is 17.4 Å². The van der Waals surface area contributed by atoms with Crippen molar-refractivity contribution in [1.82, 2.24) is 15.1 Å². The number of rotatable bonds is 4. The lowest BCUT2D eigenvalue weighted by Crippen LogP contribution is -2.14. The van der Waals surface area contributed by atoms with Gasteiger partial charge in [-0.1, -0.05) is 17.3 Å². The zero-order valence-electron chi connectivity index (χ0n) is 13.6. The predicted molar refractivity (Wildman–Crippen MR) is 90.4 cm³/mol. The molecule has 1 aromatic carbocycles. The number of carbonyl (C=O) groups excluding carboxylic acids is 1. The molecule has 0 radical (unpaired) electrons. The second kappa shape index (κ2) is 6.49. The van der Waals surface area contributed by atoms with E-state index in [1.165, 1.54) is 6.33 Å². The van der Waals surface area contributed by atoms with E-state index in [0.717, 1.165) is 16.8 Å². The SMILES string of the molecule is Cc1ccc(C)c(Nc2cc(C(=O)Nc3cc(C)on3)ncn2)c1. The molecule has 2 heterocycles. The average Bonchev–Trinajstić information content (AvgIpc) is 2.96. The number of nitrogens with one attached hydrogen (secondary N) is 2. The minimum Gasteiger partial charge on any atom is -0.360 e.